The Bertz CT molecular complexity index is 519. The summed E-state index contributed by atoms with van der Waals surface area (Å²) in [6.45, 7) is 4.45. The molecule has 1 heterocycles. The lowest BCUT2D eigenvalue weighted by molar-refractivity contribution is -0.132. The molecule has 1 amide bonds. The Labute approximate surface area is 132 Å². The molecular weight excluding hydrogens is 280 g/mol. The highest BCUT2D eigenvalue weighted by atomic mass is 16.5. The van der Waals surface area contributed by atoms with Gasteiger partial charge in [-0.2, -0.15) is 0 Å². The molecular formula is C17H26N2O3. The fraction of sp³-hybridized carbons (Fsp3) is 0.588. The number of amides is 1. The minimum absolute atomic E-state index is 0.151. The summed E-state index contributed by atoms with van der Waals surface area (Å²) in [7, 11) is 3.20. The van der Waals surface area contributed by atoms with Crippen LogP contribution in [0.5, 0.6) is 11.5 Å². The fourth-order valence-corrected chi connectivity index (χ4v) is 2.96. The third-order valence-electron chi connectivity index (χ3n) is 4.57. The summed E-state index contributed by atoms with van der Waals surface area (Å²) < 4.78 is 10.5. The van der Waals surface area contributed by atoms with Gasteiger partial charge < -0.3 is 20.1 Å². The van der Waals surface area contributed by atoms with Gasteiger partial charge in [0.15, 0.2) is 11.5 Å². The SMILES string of the molecule is COc1ccc(CC(=O)N2CCC(C)C(CN)C2)cc1OC. The number of nitrogens with zero attached hydrogens (tertiary/aromatic N) is 1. The molecule has 5 heteroatoms. The molecule has 0 aliphatic carbocycles. The average Bonchev–Trinajstić information content (AvgIpc) is 2.55. The van der Waals surface area contributed by atoms with Crippen LogP contribution in [-0.4, -0.2) is 44.7 Å². The first-order valence-corrected chi connectivity index (χ1v) is 7.77. The van der Waals surface area contributed by atoms with Crippen molar-refractivity contribution in [1.82, 2.24) is 4.90 Å². The second kappa shape index (κ2) is 7.49. The van der Waals surface area contributed by atoms with Crippen molar-refractivity contribution in [3.63, 3.8) is 0 Å². The van der Waals surface area contributed by atoms with E-state index in [1.54, 1.807) is 14.2 Å². The van der Waals surface area contributed by atoms with Crippen molar-refractivity contribution in [2.75, 3.05) is 33.9 Å². The molecule has 5 nitrogen and oxygen atoms in total. The van der Waals surface area contributed by atoms with Gasteiger partial charge in [-0.1, -0.05) is 13.0 Å². The summed E-state index contributed by atoms with van der Waals surface area (Å²) in [6.07, 6.45) is 1.41. The number of ether oxygens (including phenoxy) is 2. The highest BCUT2D eigenvalue weighted by molar-refractivity contribution is 5.79. The van der Waals surface area contributed by atoms with Crippen LogP contribution in [0.25, 0.3) is 0 Å². The number of hydrogen-bond donors (Lipinski definition) is 1. The lowest BCUT2D eigenvalue weighted by Gasteiger charge is -2.36. The molecule has 1 aromatic rings. The van der Waals surface area contributed by atoms with E-state index >= 15 is 0 Å². The Hall–Kier alpha value is -1.75. The molecule has 122 valence electrons. The van der Waals surface area contributed by atoms with Gasteiger partial charge in [-0.05, 0) is 42.5 Å². The van der Waals surface area contributed by atoms with E-state index in [4.69, 9.17) is 15.2 Å². The second-order valence-corrected chi connectivity index (χ2v) is 5.97. The quantitative estimate of drug-likeness (QED) is 0.899. The monoisotopic (exact) mass is 306 g/mol. The topological polar surface area (TPSA) is 64.8 Å². The van der Waals surface area contributed by atoms with Crippen LogP contribution in [0.1, 0.15) is 18.9 Å². The highest BCUT2D eigenvalue weighted by Crippen LogP contribution is 2.28. The van der Waals surface area contributed by atoms with Crippen molar-refractivity contribution < 1.29 is 14.3 Å². The lowest BCUT2D eigenvalue weighted by Crippen LogP contribution is -2.46. The molecule has 2 rings (SSSR count). The first kappa shape index (κ1) is 16.6. The second-order valence-electron chi connectivity index (χ2n) is 5.97. The van der Waals surface area contributed by atoms with Crippen LogP contribution in [0.3, 0.4) is 0 Å². The number of rotatable bonds is 5. The number of carbonyl (C=O) groups is 1. The predicted octanol–water partition coefficient (Wildman–Crippen LogP) is 1.69. The average molecular weight is 306 g/mol. The van der Waals surface area contributed by atoms with Crippen molar-refractivity contribution in [1.29, 1.82) is 0 Å². The molecule has 1 aliphatic heterocycles. The van der Waals surface area contributed by atoms with Gasteiger partial charge in [0, 0.05) is 13.1 Å². The maximum absolute atomic E-state index is 12.5. The molecule has 0 radical (unpaired) electrons. The van der Waals surface area contributed by atoms with E-state index in [0.29, 0.717) is 36.3 Å². The Morgan fingerprint density at radius 2 is 2.05 bits per heavy atom. The number of likely N-dealkylation sites (tertiary alicyclic amines) is 1. The minimum Gasteiger partial charge on any atom is -0.493 e. The Kier molecular flexibility index (Phi) is 5.66. The summed E-state index contributed by atoms with van der Waals surface area (Å²) in [5.41, 5.74) is 6.75. The van der Waals surface area contributed by atoms with Crippen molar-refractivity contribution in [3.8, 4) is 11.5 Å². The summed E-state index contributed by atoms with van der Waals surface area (Å²) >= 11 is 0. The van der Waals surface area contributed by atoms with Gasteiger partial charge in [-0.15, -0.1) is 0 Å². The van der Waals surface area contributed by atoms with E-state index in [1.807, 2.05) is 23.1 Å². The van der Waals surface area contributed by atoms with E-state index in [2.05, 4.69) is 6.92 Å². The third kappa shape index (κ3) is 3.71. The Morgan fingerprint density at radius 1 is 1.32 bits per heavy atom. The third-order valence-corrected chi connectivity index (χ3v) is 4.57. The van der Waals surface area contributed by atoms with Crippen molar-refractivity contribution in [3.05, 3.63) is 23.8 Å². The predicted molar refractivity (Wildman–Crippen MR) is 86.2 cm³/mol. The summed E-state index contributed by atoms with van der Waals surface area (Å²) in [6, 6.07) is 5.61. The fourth-order valence-electron chi connectivity index (χ4n) is 2.96. The standard InChI is InChI=1S/C17H26N2O3/c1-12-6-7-19(11-14(12)10-18)17(20)9-13-4-5-15(21-2)16(8-13)22-3/h4-5,8,12,14H,6-7,9-11,18H2,1-3H3. The van der Waals surface area contributed by atoms with Gasteiger partial charge in [-0.3, -0.25) is 4.79 Å². The maximum Gasteiger partial charge on any atom is 0.227 e. The molecule has 22 heavy (non-hydrogen) atoms. The van der Waals surface area contributed by atoms with Crippen molar-refractivity contribution in [2.45, 2.75) is 19.8 Å². The smallest absolute Gasteiger partial charge is 0.227 e. The number of carbonyl (C=O) groups excluding carboxylic acids is 1. The molecule has 0 bridgehead atoms. The summed E-state index contributed by atoms with van der Waals surface area (Å²) in [4.78, 5) is 14.4. The number of methoxy groups -OCH3 is 2. The molecule has 2 atom stereocenters. The van der Waals surface area contributed by atoms with Gasteiger partial charge in [0.1, 0.15) is 0 Å². The molecule has 2 unspecified atom stereocenters. The molecule has 1 aliphatic rings. The first-order valence-electron chi connectivity index (χ1n) is 7.77. The van der Waals surface area contributed by atoms with E-state index in [-0.39, 0.29) is 5.91 Å². The normalized spacial score (nSPS) is 21.5. The van der Waals surface area contributed by atoms with E-state index in [0.717, 1.165) is 25.1 Å². The number of hydrogen-bond acceptors (Lipinski definition) is 4. The van der Waals surface area contributed by atoms with Crippen LogP contribution in [0.2, 0.25) is 0 Å². The molecule has 1 aromatic carbocycles. The van der Waals surface area contributed by atoms with Crippen LogP contribution >= 0.6 is 0 Å². The molecule has 0 saturated carbocycles. The van der Waals surface area contributed by atoms with Crippen LogP contribution in [-0.2, 0) is 11.2 Å². The van der Waals surface area contributed by atoms with Crippen molar-refractivity contribution in [2.24, 2.45) is 17.6 Å². The van der Waals surface area contributed by atoms with E-state index in [9.17, 15) is 4.79 Å². The van der Waals surface area contributed by atoms with Gasteiger partial charge in [-0.25, -0.2) is 0 Å². The van der Waals surface area contributed by atoms with Crippen LogP contribution in [0.4, 0.5) is 0 Å². The zero-order chi connectivity index (χ0) is 16.1. The van der Waals surface area contributed by atoms with Gasteiger partial charge in [0.25, 0.3) is 0 Å². The largest absolute Gasteiger partial charge is 0.493 e. The molecule has 0 spiro atoms. The maximum atomic E-state index is 12.5. The zero-order valence-electron chi connectivity index (χ0n) is 13.7. The van der Waals surface area contributed by atoms with Crippen LogP contribution in [0.15, 0.2) is 18.2 Å². The van der Waals surface area contributed by atoms with Gasteiger partial charge in [0.2, 0.25) is 5.91 Å². The lowest BCUT2D eigenvalue weighted by atomic mass is 9.87. The van der Waals surface area contributed by atoms with E-state index < -0.39 is 0 Å². The summed E-state index contributed by atoms with van der Waals surface area (Å²) in [5, 5.41) is 0. The van der Waals surface area contributed by atoms with Crippen LogP contribution < -0.4 is 15.2 Å². The number of piperidine rings is 1. The van der Waals surface area contributed by atoms with Crippen molar-refractivity contribution >= 4 is 5.91 Å². The Balaban J connectivity index is 2.02. The molecule has 1 saturated heterocycles. The van der Waals surface area contributed by atoms with Crippen LogP contribution in [0, 0.1) is 11.8 Å². The Morgan fingerprint density at radius 3 is 2.68 bits per heavy atom. The number of nitrogens with two attached hydrogens (primary N) is 1. The van der Waals surface area contributed by atoms with Gasteiger partial charge >= 0.3 is 0 Å². The molecule has 2 N–H and O–H groups in total. The first-order chi connectivity index (χ1) is 10.6. The molecule has 1 fully saturated rings. The number of benzene rings is 1. The minimum atomic E-state index is 0.151. The van der Waals surface area contributed by atoms with Gasteiger partial charge in [0.05, 0.1) is 20.6 Å². The summed E-state index contributed by atoms with van der Waals surface area (Å²) in [5.74, 6) is 2.48. The highest BCUT2D eigenvalue weighted by Gasteiger charge is 2.27. The molecule has 0 aromatic heterocycles. The zero-order valence-corrected chi connectivity index (χ0v) is 13.7. The van der Waals surface area contributed by atoms with E-state index in [1.165, 1.54) is 0 Å².